The minimum Gasteiger partial charge on any atom is -0.350 e. The molecule has 1 aliphatic heterocycles. The Morgan fingerprint density at radius 3 is 2.40 bits per heavy atom. The van der Waals surface area contributed by atoms with Crippen LogP contribution in [0.5, 0.6) is 0 Å². The van der Waals surface area contributed by atoms with Crippen LogP contribution in [0.1, 0.15) is 27.2 Å². The quantitative estimate of drug-likeness (QED) is 0.363. The van der Waals surface area contributed by atoms with Crippen molar-refractivity contribution in [1.82, 2.24) is 4.81 Å². The normalized spacial score (nSPS) is 18.9. The van der Waals surface area contributed by atoms with Gasteiger partial charge in [0.15, 0.2) is 7.98 Å². The average molecular weight is 137 g/mol. The van der Waals surface area contributed by atoms with E-state index in [9.17, 15) is 0 Å². The van der Waals surface area contributed by atoms with Crippen LogP contribution in [-0.2, 0) is 0 Å². The van der Waals surface area contributed by atoms with Gasteiger partial charge in [0.1, 0.15) is 0 Å². The summed E-state index contributed by atoms with van der Waals surface area (Å²) in [7, 11) is 5.52. The molecule has 0 atom stereocenters. The number of nitrogens with zero attached hydrogens (tertiary/aromatic N) is 1. The summed E-state index contributed by atoms with van der Waals surface area (Å²) in [5.41, 5.74) is 1.39. The topological polar surface area (TPSA) is 3.24 Å². The minimum atomic E-state index is 0.944. The van der Waals surface area contributed by atoms with Crippen molar-refractivity contribution in [1.29, 1.82) is 0 Å². The molecule has 2 radical (unpaired) electrons. The van der Waals surface area contributed by atoms with E-state index in [4.69, 9.17) is 7.98 Å². The van der Waals surface area contributed by atoms with E-state index in [2.05, 4.69) is 13.0 Å². The zero-order chi connectivity index (χ0) is 7.98. The summed E-state index contributed by atoms with van der Waals surface area (Å²) in [5.74, 6) is 0. The van der Waals surface area contributed by atoms with Crippen molar-refractivity contribution < 1.29 is 0 Å². The van der Waals surface area contributed by atoms with Crippen molar-refractivity contribution in [2.45, 2.75) is 27.2 Å². The van der Waals surface area contributed by atoms with Crippen LogP contribution in [0.25, 0.3) is 0 Å². The largest absolute Gasteiger partial charge is 0.350 e. The molecule has 2 heteroatoms. The number of hydrogen-bond acceptors (Lipinski definition) is 1. The molecule has 0 saturated carbocycles. The van der Waals surface area contributed by atoms with Crippen LogP contribution in [0.2, 0.25) is 0 Å². The zero-order valence-electron chi connectivity index (χ0n) is 7.22. The molecular formula is C8H16BN. The van der Waals surface area contributed by atoms with Gasteiger partial charge in [-0.15, -0.1) is 0 Å². The van der Waals surface area contributed by atoms with Gasteiger partial charge in [0.05, 0.1) is 0 Å². The van der Waals surface area contributed by atoms with E-state index >= 15 is 0 Å². The lowest BCUT2D eigenvalue weighted by molar-refractivity contribution is 0.476. The second-order valence-corrected chi connectivity index (χ2v) is 2.31. The van der Waals surface area contributed by atoms with Crippen molar-refractivity contribution >= 4 is 7.98 Å². The van der Waals surface area contributed by atoms with E-state index in [-0.39, 0.29) is 0 Å². The highest BCUT2D eigenvalue weighted by Gasteiger charge is 2.01. The minimum absolute atomic E-state index is 0.944. The first-order valence-electron chi connectivity index (χ1n) is 3.94. The van der Waals surface area contributed by atoms with E-state index in [1.165, 1.54) is 5.57 Å². The molecule has 0 amide bonds. The standard InChI is InChI=1S/C6H10BN.C2H6/c1-6-3-2-4-8(7)5-6;1-2/h3H,2,4-5H2,1H3;1-2H3. The Kier molecular flexibility index (Phi) is 5.41. The van der Waals surface area contributed by atoms with Crippen LogP contribution in [0.3, 0.4) is 0 Å². The van der Waals surface area contributed by atoms with Gasteiger partial charge in [0.25, 0.3) is 0 Å². The molecule has 0 N–H and O–H groups in total. The molecule has 0 aromatic heterocycles. The molecule has 0 aliphatic carbocycles. The monoisotopic (exact) mass is 137 g/mol. The van der Waals surface area contributed by atoms with Crippen LogP contribution in [0, 0.1) is 0 Å². The van der Waals surface area contributed by atoms with Gasteiger partial charge in [0, 0.05) is 6.54 Å². The van der Waals surface area contributed by atoms with E-state index in [0.29, 0.717) is 0 Å². The summed E-state index contributed by atoms with van der Waals surface area (Å²) in [6, 6.07) is 0. The second-order valence-electron chi connectivity index (χ2n) is 2.31. The highest BCUT2D eigenvalue weighted by atomic mass is 15.0. The predicted octanol–water partition coefficient (Wildman–Crippen LogP) is 1.75. The maximum atomic E-state index is 5.52. The van der Waals surface area contributed by atoms with Gasteiger partial charge < -0.3 is 4.81 Å². The van der Waals surface area contributed by atoms with Crippen LogP contribution < -0.4 is 0 Å². The van der Waals surface area contributed by atoms with Gasteiger partial charge >= 0.3 is 0 Å². The third-order valence-corrected chi connectivity index (χ3v) is 1.36. The molecule has 10 heavy (non-hydrogen) atoms. The molecule has 1 heterocycles. The lowest BCUT2D eigenvalue weighted by atomic mass is 10.1. The highest BCUT2D eigenvalue weighted by molar-refractivity contribution is 6.04. The highest BCUT2D eigenvalue weighted by Crippen LogP contribution is 2.04. The smallest absolute Gasteiger partial charge is 0.182 e. The van der Waals surface area contributed by atoms with Gasteiger partial charge in [-0.3, -0.25) is 0 Å². The fourth-order valence-electron chi connectivity index (χ4n) is 0.941. The summed E-state index contributed by atoms with van der Waals surface area (Å²) in [4.78, 5) is 1.84. The molecule has 0 bridgehead atoms. The van der Waals surface area contributed by atoms with Crippen molar-refractivity contribution in [3.63, 3.8) is 0 Å². The van der Waals surface area contributed by atoms with Gasteiger partial charge in [-0.25, -0.2) is 0 Å². The Labute approximate surface area is 65.5 Å². The first kappa shape index (κ1) is 9.76. The molecule has 0 saturated heterocycles. The van der Waals surface area contributed by atoms with E-state index in [1.54, 1.807) is 0 Å². The van der Waals surface area contributed by atoms with E-state index in [1.807, 2.05) is 18.7 Å². The lowest BCUT2D eigenvalue weighted by Crippen LogP contribution is -2.26. The summed E-state index contributed by atoms with van der Waals surface area (Å²) < 4.78 is 0. The molecule has 0 aromatic rings. The molecule has 1 nitrogen and oxygen atoms in total. The Morgan fingerprint density at radius 2 is 2.10 bits per heavy atom. The summed E-state index contributed by atoms with van der Waals surface area (Å²) in [6.07, 6.45) is 3.35. The Balaban J connectivity index is 0.000000371. The van der Waals surface area contributed by atoms with Gasteiger partial charge in [0.2, 0.25) is 0 Å². The molecule has 0 fully saturated rings. The van der Waals surface area contributed by atoms with Crippen LogP contribution >= 0.6 is 0 Å². The van der Waals surface area contributed by atoms with Crippen LogP contribution in [0.4, 0.5) is 0 Å². The lowest BCUT2D eigenvalue weighted by Gasteiger charge is -2.20. The van der Waals surface area contributed by atoms with E-state index < -0.39 is 0 Å². The number of rotatable bonds is 0. The third-order valence-electron chi connectivity index (χ3n) is 1.36. The summed E-state index contributed by atoms with van der Waals surface area (Å²) >= 11 is 0. The van der Waals surface area contributed by atoms with Gasteiger partial charge in [-0.05, 0) is 19.9 Å². The van der Waals surface area contributed by atoms with Crippen LogP contribution in [-0.4, -0.2) is 25.9 Å². The van der Waals surface area contributed by atoms with Crippen LogP contribution in [0.15, 0.2) is 11.6 Å². The SMILES string of the molecule is CC.[B]N1CCC=C(C)C1. The molecule has 1 aliphatic rings. The fourth-order valence-corrected chi connectivity index (χ4v) is 0.941. The molecule has 0 unspecified atom stereocenters. The zero-order valence-corrected chi connectivity index (χ0v) is 7.22. The van der Waals surface area contributed by atoms with Crippen molar-refractivity contribution in [2.75, 3.05) is 13.1 Å². The van der Waals surface area contributed by atoms with Gasteiger partial charge in [-0.2, -0.15) is 0 Å². The van der Waals surface area contributed by atoms with Crippen molar-refractivity contribution in [3.8, 4) is 0 Å². The maximum Gasteiger partial charge on any atom is 0.182 e. The Morgan fingerprint density at radius 1 is 1.50 bits per heavy atom. The molecule has 0 spiro atoms. The molecule has 56 valence electrons. The Bertz CT molecular complexity index is 110. The summed E-state index contributed by atoms with van der Waals surface area (Å²) in [5, 5.41) is 0. The predicted molar refractivity (Wildman–Crippen MR) is 47.0 cm³/mol. The third kappa shape index (κ3) is 3.73. The van der Waals surface area contributed by atoms with Gasteiger partial charge in [-0.1, -0.05) is 25.5 Å². The fraction of sp³-hybridized carbons (Fsp3) is 0.750. The van der Waals surface area contributed by atoms with Crippen molar-refractivity contribution in [2.24, 2.45) is 0 Å². The average Bonchev–Trinajstić information content (AvgIpc) is 1.91. The maximum absolute atomic E-state index is 5.52. The second kappa shape index (κ2) is 5.54. The molecule has 1 rings (SSSR count). The first-order chi connectivity index (χ1) is 4.79. The van der Waals surface area contributed by atoms with Crippen molar-refractivity contribution in [3.05, 3.63) is 11.6 Å². The van der Waals surface area contributed by atoms with E-state index in [0.717, 1.165) is 19.5 Å². The number of hydrogen-bond donors (Lipinski definition) is 0. The first-order valence-corrected chi connectivity index (χ1v) is 3.94. The molecular weight excluding hydrogens is 121 g/mol. The summed E-state index contributed by atoms with van der Waals surface area (Å²) in [6.45, 7) is 8.07. The Hall–Kier alpha value is -0.235. The molecule has 0 aromatic carbocycles.